The van der Waals surface area contributed by atoms with Gasteiger partial charge in [-0.05, 0) is 79.7 Å². The molecule has 0 aromatic heterocycles. The lowest BCUT2D eigenvalue weighted by Crippen LogP contribution is -2.15. The van der Waals surface area contributed by atoms with Crippen molar-refractivity contribution in [2.75, 3.05) is 0 Å². The van der Waals surface area contributed by atoms with Crippen LogP contribution in [0.3, 0.4) is 0 Å². The van der Waals surface area contributed by atoms with Gasteiger partial charge in [0.05, 0.1) is 6.07 Å². The van der Waals surface area contributed by atoms with Crippen LogP contribution in [-0.2, 0) is 6.42 Å². The highest BCUT2D eigenvalue weighted by atomic mass is 14.3. The largest absolute Gasteiger partial charge is 0.193 e. The van der Waals surface area contributed by atoms with Gasteiger partial charge in [0, 0.05) is 6.08 Å². The van der Waals surface area contributed by atoms with Gasteiger partial charge in [0.2, 0.25) is 0 Å². The van der Waals surface area contributed by atoms with Crippen LogP contribution in [0.5, 0.6) is 0 Å². The van der Waals surface area contributed by atoms with Crippen LogP contribution in [0.15, 0.2) is 48.6 Å². The minimum Gasteiger partial charge on any atom is -0.193 e. The molecule has 0 unspecified atom stereocenters. The maximum Gasteiger partial charge on any atom is 0.0912 e. The SMILES string of the molecule is CCCc1ccc(C2CCC(CCCCC3CCC(CCC=CC=CC#N)CC3)CC2)cc1. The smallest absolute Gasteiger partial charge is 0.0912 e. The molecule has 0 spiro atoms. The predicted molar refractivity (Wildman–Crippen MR) is 142 cm³/mol. The van der Waals surface area contributed by atoms with Crippen LogP contribution in [0.4, 0.5) is 0 Å². The summed E-state index contributed by atoms with van der Waals surface area (Å²) in [5.74, 6) is 3.75. The van der Waals surface area contributed by atoms with Gasteiger partial charge in [-0.2, -0.15) is 5.26 Å². The van der Waals surface area contributed by atoms with E-state index in [-0.39, 0.29) is 0 Å². The number of benzene rings is 1. The minimum absolute atomic E-state index is 0.816. The third kappa shape index (κ3) is 9.52. The molecule has 1 nitrogen and oxygen atoms in total. The highest BCUT2D eigenvalue weighted by molar-refractivity contribution is 5.25. The lowest BCUT2D eigenvalue weighted by Gasteiger charge is -2.30. The van der Waals surface area contributed by atoms with Crippen LogP contribution in [-0.4, -0.2) is 0 Å². The Bertz CT molecular complexity index is 734. The van der Waals surface area contributed by atoms with E-state index in [0.29, 0.717) is 0 Å². The summed E-state index contributed by atoms with van der Waals surface area (Å²) in [6.45, 7) is 2.26. The molecule has 1 aromatic rings. The fourth-order valence-electron chi connectivity index (χ4n) is 6.31. The van der Waals surface area contributed by atoms with Crippen molar-refractivity contribution < 1.29 is 0 Å². The fraction of sp³-hybridized carbons (Fsp3) is 0.656. The number of allylic oxidation sites excluding steroid dienone is 4. The molecule has 0 atom stereocenters. The summed E-state index contributed by atoms with van der Waals surface area (Å²) >= 11 is 0. The van der Waals surface area contributed by atoms with E-state index in [0.717, 1.165) is 30.1 Å². The number of nitriles is 1. The summed E-state index contributed by atoms with van der Waals surface area (Å²) in [6.07, 6.45) is 30.0. The molecule has 2 fully saturated rings. The molecular weight excluding hydrogens is 398 g/mol. The molecule has 0 N–H and O–H groups in total. The maximum absolute atomic E-state index is 8.49. The van der Waals surface area contributed by atoms with Crippen molar-refractivity contribution in [3.63, 3.8) is 0 Å². The highest BCUT2D eigenvalue weighted by Crippen LogP contribution is 2.39. The average molecular weight is 446 g/mol. The van der Waals surface area contributed by atoms with Crippen molar-refractivity contribution in [2.45, 2.75) is 116 Å². The molecule has 0 radical (unpaired) electrons. The van der Waals surface area contributed by atoms with Crippen molar-refractivity contribution in [3.8, 4) is 6.07 Å². The van der Waals surface area contributed by atoms with Crippen LogP contribution in [0, 0.1) is 29.1 Å². The van der Waals surface area contributed by atoms with Crippen LogP contribution in [0.25, 0.3) is 0 Å². The second-order valence-electron chi connectivity index (χ2n) is 10.9. The Morgan fingerprint density at radius 2 is 1.36 bits per heavy atom. The molecule has 0 bridgehead atoms. The van der Waals surface area contributed by atoms with E-state index in [1.807, 2.05) is 18.2 Å². The third-order valence-electron chi connectivity index (χ3n) is 8.44. The Kier molecular flexibility index (Phi) is 11.9. The van der Waals surface area contributed by atoms with Crippen molar-refractivity contribution in [1.29, 1.82) is 5.26 Å². The zero-order valence-electron chi connectivity index (χ0n) is 21.2. The van der Waals surface area contributed by atoms with Gasteiger partial charge in [0.25, 0.3) is 0 Å². The third-order valence-corrected chi connectivity index (χ3v) is 8.44. The Morgan fingerprint density at radius 3 is 1.94 bits per heavy atom. The van der Waals surface area contributed by atoms with Gasteiger partial charge < -0.3 is 0 Å². The minimum atomic E-state index is 0.816. The molecule has 0 amide bonds. The number of nitrogens with zero attached hydrogens (tertiary/aromatic N) is 1. The number of unbranched alkanes of at least 4 members (excludes halogenated alkanes) is 1. The van der Waals surface area contributed by atoms with E-state index in [9.17, 15) is 0 Å². The molecule has 2 aliphatic carbocycles. The van der Waals surface area contributed by atoms with Crippen LogP contribution in [0.1, 0.15) is 120 Å². The van der Waals surface area contributed by atoms with Gasteiger partial charge in [-0.25, -0.2) is 0 Å². The summed E-state index contributed by atoms with van der Waals surface area (Å²) in [4.78, 5) is 0. The van der Waals surface area contributed by atoms with Crippen molar-refractivity contribution in [1.82, 2.24) is 0 Å². The summed E-state index contributed by atoms with van der Waals surface area (Å²) in [7, 11) is 0. The predicted octanol–water partition coefficient (Wildman–Crippen LogP) is 9.70. The first kappa shape index (κ1) is 25.8. The Balaban J connectivity index is 1.21. The lowest BCUT2D eigenvalue weighted by molar-refractivity contribution is 0.244. The van der Waals surface area contributed by atoms with Gasteiger partial charge >= 0.3 is 0 Å². The molecule has 2 saturated carbocycles. The molecule has 3 rings (SSSR count). The monoisotopic (exact) mass is 445 g/mol. The standard InChI is InChI=1S/C32H47N/c1-2-10-27-18-22-31(23-19-27)32-24-20-30(21-25-32)13-8-7-12-29-16-14-28(15-17-29)11-6-4-3-5-9-26-33/h3-5,9,18-19,22-23,28-30,32H,2,6-8,10-17,20-21,24-25H2,1H3. The number of aryl methyl sites for hydroxylation is 1. The summed E-state index contributed by atoms with van der Waals surface area (Å²) in [5, 5.41) is 8.49. The summed E-state index contributed by atoms with van der Waals surface area (Å²) in [6, 6.07) is 11.6. The molecule has 33 heavy (non-hydrogen) atoms. The second-order valence-corrected chi connectivity index (χ2v) is 10.9. The molecule has 1 aromatic carbocycles. The van der Waals surface area contributed by atoms with Gasteiger partial charge in [0.15, 0.2) is 0 Å². The van der Waals surface area contributed by atoms with Gasteiger partial charge in [-0.1, -0.05) is 107 Å². The van der Waals surface area contributed by atoms with Crippen LogP contribution < -0.4 is 0 Å². The van der Waals surface area contributed by atoms with Gasteiger partial charge in [0.1, 0.15) is 0 Å². The van der Waals surface area contributed by atoms with E-state index < -0.39 is 0 Å². The molecule has 2 aliphatic rings. The second kappa shape index (κ2) is 15.2. The normalized spacial score (nSPS) is 26.1. The first-order chi connectivity index (χ1) is 16.3. The first-order valence-corrected chi connectivity index (χ1v) is 14.1. The van der Waals surface area contributed by atoms with E-state index in [4.69, 9.17) is 5.26 Å². The van der Waals surface area contributed by atoms with E-state index in [2.05, 4.69) is 37.3 Å². The fourth-order valence-corrected chi connectivity index (χ4v) is 6.31. The van der Waals surface area contributed by atoms with E-state index in [1.54, 1.807) is 11.6 Å². The van der Waals surface area contributed by atoms with Gasteiger partial charge in [-0.15, -0.1) is 0 Å². The summed E-state index contributed by atoms with van der Waals surface area (Å²) < 4.78 is 0. The van der Waals surface area contributed by atoms with E-state index in [1.165, 1.54) is 102 Å². The van der Waals surface area contributed by atoms with Crippen molar-refractivity contribution >= 4 is 0 Å². The topological polar surface area (TPSA) is 23.8 Å². The molecule has 0 aliphatic heterocycles. The highest BCUT2D eigenvalue weighted by Gasteiger charge is 2.23. The zero-order valence-corrected chi connectivity index (χ0v) is 21.2. The molecule has 0 heterocycles. The molecule has 1 heteroatoms. The maximum atomic E-state index is 8.49. The Hall–Kier alpha value is -1.81. The molecular formula is C32H47N. The van der Waals surface area contributed by atoms with Gasteiger partial charge in [-0.3, -0.25) is 0 Å². The van der Waals surface area contributed by atoms with Crippen LogP contribution in [0.2, 0.25) is 0 Å². The Morgan fingerprint density at radius 1 is 0.788 bits per heavy atom. The first-order valence-electron chi connectivity index (χ1n) is 14.1. The van der Waals surface area contributed by atoms with Crippen molar-refractivity contribution in [3.05, 3.63) is 59.7 Å². The summed E-state index contributed by atoms with van der Waals surface area (Å²) in [5.41, 5.74) is 3.09. The number of hydrogen-bond acceptors (Lipinski definition) is 1. The molecule has 0 saturated heterocycles. The molecule has 180 valence electrons. The Labute approximate surface area is 204 Å². The van der Waals surface area contributed by atoms with E-state index >= 15 is 0 Å². The zero-order chi connectivity index (χ0) is 23.1. The lowest BCUT2D eigenvalue weighted by atomic mass is 9.76. The van der Waals surface area contributed by atoms with Crippen LogP contribution >= 0.6 is 0 Å². The van der Waals surface area contributed by atoms with Crippen molar-refractivity contribution in [2.24, 2.45) is 17.8 Å². The number of hydrogen-bond donors (Lipinski definition) is 0. The number of rotatable bonds is 12. The quantitative estimate of drug-likeness (QED) is 0.178. The average Bonchev–Trinajstić information content (AvgIpc) is 2.86.